The SMILES string of the molecule is CCCC(C)Oc1nc(NN)nc(N2CCCC2)n1. The van der Waals surface area contributed by atoms with Gasteiger partial charge in [0.2, 0.25) is 11.9 Å². The standard InChI is InChI=1S/C12H22N6O/c1-3-6-9(2)19-12-15-10(17-13)14-11(16-12)18-7-4-5-8-18/h9H,3-8,13H2,1-2H3,(H,14,15,16,17). The third-order valence-electron chi connectivity index (χ3n) is 3.12. The van der Waals surface area contributed by atoms with E-state index in [2.05, 4.69) is 32.2 Å². The zero-order chi connectivity index (χ0) is 13.7. The highest BCUT2D eigenvalue weighted by molar-refractivity contribution is 5.38. The Hall–Kier alpha value is -1.63. The van der Waals surface area contributed by atoms with Gasteiger partial charge in [-0.25, -0.2) is 5.84 Å². The molecule has 1 fully saturated rings. The van der Waals surface area contributed by atoms with Crippen molar-refractivity contribution in [1.29, 1.82) is 0 Å². The van der Waals surface area contributed by atoms with Crippen molar-refractivity contribution in [1.82, 2.24) is 15.0 Å². The van der Waals surface area contributed by atoms with Crippen LogP contribution >= 0.6 is 0 Å². The van der Waals surface area contributed by atoms with Crippen molar-refractivity contribution in [2.24, 2.45) is 5.84 Å². The average Bonchev–Trinajstić information content (AvgIpc) is 2.92. The number of rotatable bonds is 6. The fourth-order valence-corrected chi connectivity index (χ4v) is 2.17. The average molecular weight is 266 g/mol. The van der Waals surface area contributed by atoms with E-state index in [1.807, 2.05) is 6.92 Å². The molecule has 2 heterocycles. The molecule has 1 saturated heterocycles. The number of nitrogen functional groups attached to an aromatic ring is 1. The molecule has 0 spiro atoms. The third kappa shape index (κ3) is 3.66. The van der Waals surface area contributed by atoms with Gasteiger partial charge < -0.3 is 9.64 Å². The van der Waals surface area contributed by atoms with E-state index in [4.69, 9.17) is 10.6 Å². The van der Waals surface area contributed by atoms with Crippen molar-refractivity contribution in [3.63, 3.8) is 0 Å². The fourth-order valence-electron chi connectivity index (χ4n) is 2.17. The number of hydrazine groups is 1. The first kappa shape index (κ1) is 13.8. The van der Waals surface area contributed by atoms with Gasteiger partial charge in [-0.1, -0.05) is 13.3 Å². The minimum absolute atomic E-state index is 0.0875. The molecule has 1 aliphatic heterocycles. The summed E-state index contributed by atoms with van der Waals surface area (Å²) in [7, 11) is 0. The monoisotopic (exact) mass is 266 g/mol. The summed E-state index contributed by atoms with van der Waals surface area (Å²) in [6.45, 7) is 6.07. The summed E-state index contributed by atoms with van der Waals surface area (Å²) in [4.78, 5) is 14.9. The van der Waals surface area contributed by atoms with E-state index in [9.17, 15) is 0 Å². The van der Waals surface area contributed by atoms with Crippen LogP contribution in [-0.2, 0) is 0 Å². The Morgan fingerprint density at radius 2 is 2.05 bits per heavy atom. The molecular formula is C12H22N6O. The molecule has 0 amide bonds. The second kappa shape index (κ2) is 6.51. The van der Waals surface area contributed by atoms with Gasteiger partial charge in [0.25, 0.3) is 0 Å². The molecule has 1 aliphatic rings. The van der Waals surface area contributed by atoms with Crippen molar-refractivity contribution in [3.05, 3.63) is 0 Å². The van der Waals surface area contributed by atoms with E-state index in [1.165, 1.54) is 12.8 Å². The molecule has 0 saturated carbocycles. The molecule has 1 atom stereocenters. The summed E-state index contributed by atoms with van der Waals surface area (Å²) in [5.41, 5.74) is 2.47. The van der Waals surface area contributed by atoms with Crippen LogP contribution < -0.4 is 20.9 Å². The van der Waals surface area contributed by atoms with Gasteiger partial charge in [-0.2, -0.15) is 15.0 Å². The van der Waals surface area contributed by atoms with Gasteiger partial charge in [0, 0.05) is 13.1 Å². The molecule has 1 aromatic rings. The molecule has 7 nitrogen and oxygen atoms in total. The fraction of sp³-hybridized carbons (Fsp3) is 0.750. The van der Waals surface area contributed by atoms with E-state index >= 15 is 0 Å². The lowest BCUT2D eigenvalue weighted by atomic mass is 10.2. The van der Waals surface area contributed by atoms with Crippen molar-refractivity contribution in [2.45, 2.75) is 45.6 Å². The number of nitrogens with one attached hydrogen (secondary N) is 1. The predicted octanol–water partition coefficient (Wildman–Crippen LogP) is 1.32. The Balaban J connectivity index is 2.15. The largest absolute Gasteiger partial charge is 0.460 e. The van der Waals surface area contributed by atoms with Gasteiger partial charge in [-0.15, -0.1) is 0 Å². The molecule has 3 N–H and O–H groups in total. The van der Waals surface area contributed by atoms with Crippen LogP contribution in [0.4, 0.5) is 11.9 Å². The van der Waals surface area contributed by atoms with Crippen molar-refractivity contribution in [2.75, 3.05) is 23.4 Å². The maximum Gasteiger partial charge on any atom is 0.323 e. The quantitative estimate of drug-likeness (QED) is 0.593. The van der Waals surface area contributed by atoms with Gasteiger partial charge in [0.1, 0.15) is 0 Å². The highest BCUT2D eigenvalue weighted by atomic mass is 16.5. The predicted molar refractivity (Wildman–Crippen MR) is 74.1 cm³/mol. The summed E-state index contributed by atoms with van der Waals surface area (Å²) in [6.07, 6.45) is 4.45. The van der Waals surface area contributed by atoms with Crippen LogP contribution in [0.5, 0.6) is 6.01 Å². The van der Waals surface area contributed by atoms with Crippen LogP contribution in [0.3, 0.4) is 0 Å². The molecule has 0 bridgehead atoms. The number of ether oxygens (including phenoxy) is 1. The topological polar surface area (TPSA) is 89.2 Å². The number of hydrogen-bond acceptors (Lipinski definition) is 7. The van der Waals surface area contributed by atoms with Crippen molar-refractivity contribution in [3.8, 4) is 6.01 Å². The summed E-state index contributed by atoms with van der Waals surface area (Å²) < 4.78 is 5.71. The Morgan fingerprint density at radius 3 is 2.68 bits per heavy atom. The first-order valence-corrected chi connectivity index (χ1v) is 6.87. The number of aromatic nitrogens is 3. The van der Waals surface area contributed by atoms with E-state index < -0.39 is 0 Å². The Labute approximate surface area is 113 Å². The summed E-state index contributed by atoms with van der Waals surface area (Å²) in [5.74, 6) is 6.38. The lowest BCUT2D eigenvalue weighted by Gasteiger charge is -2.17. The molecule has 1 aromatic heterocycles. The summed E-state index contributed by atoms with van der Waals surface area (Å²) in [5, 5.41) is 0. The van der Waals surface area contributed by atoms with Gasteiger partial charge in [0.15, 0.2) is 0 Å². The van der Waals surface area contributed by atoms with Gasteiger partial charge in [0.05, 0.1) is 6.10 Å². The zero-order valence-electron chi connectivity index (χ0n) is 11.6. The normalized spacial score (nSPS) is 16.5. The van der Waals surface area contributed by atoms with Gasteiger partial charge >= 0.3 is 6.01 Å². The molecule has 2 rings (SSSR count). The Kier molecular flexibility index (Phi) is 4.73. The van der Waals surface area contributed by atoms with Crippen molar-refractivity contribution < 1.29 is 4.74 Å². The van der Waals surface area contributed by atoms with E-state index in [1.54, 1.807) is 0 Å². The maximum absolute atomic E-state index is 5.71. The van der Waals surface area contributed by atoms with E-state index in [0.717, 1.165) is 25.9 Å². The highest BCUT2D eigenvalue weighted by Crippen LogP contribution is 2.20. The van der Waals surface area contributed by atoms with Crippen LogP contribution in [0.1, 0.15) is 39.5 Å². The minimum atomic E-state index is 0.0875. The molecule has 0 radical (unpaired) electrons. The third-order valence-corrected chi connectivity index (χ3v) is 3.12. The first-order valence-electron chi connectivity index (χ1n) is 6.87. The molecule has 19 heavy (non-hydrogen) atoms. The maximum atomic E-state index is 5.71. The van der Waals surface area contributed by atoms with Crippen molar-refractivity contribution >= 4 is 11.9 Å². The van der Waals surface area contributed by atoms with E-state index in [-0.39, 0.29) is 6.10 Å². The van der Waals surface area contributed by atoms with Crippen LogP contribution in [0.15, 0.2) is 0 Å². The van der Waals surface area contributed by atoms with Gasteiger partial charge in [-0.05, 0) is 26.2 Å². The zero-order valence-corrected chi connectivity index (χ0v) is 11.6. The first-order chi connectivity index (χ1) is 9.22. The minimum Gasteiger partial charge on any atom is -0.460 e. The molecule has 1 unspecified atom stereocenters. The number of anilines is 2. The number of hydrogen-bond donors (Lipinski definition) is 2. The van der Waals surface area contributed by atoms with Gasteiger partial charge in [-0.3, -0.25) is 5.43 Å². The summed E-state index contributed by atoms with van der Waals surface area (Å²) >= 11 is 0. The molecule has 0 aromatic carbocycles. The van der Waals surface area contributed by atoms with Crippen LogP contribution in [0, 0.1) is 0 Å². The molecular weight excluding hydrogens is 244 g/mol. The second-order valence-electron chi connectivity index (χ2n) is 4.80. The lowest BCUT2D eigenvalue weighted by Crippen LogP contribution is -2.23. The second-order valence-corrected chi connectivity index (χ2v) is 4.80. The van der Waals surface area contributed by atoms with E-state index in [0.29, 0.717) is 17.9 Å². The number of nitrogens with zero attached hydrogens (tertiary/aromatic N) is 4. The van der Waals surface area contributed by atoms with Crippen LogP contribution in [0.25, 0.3) is 0 Å². The molecule has 7 heteroatoms. The number of nitrogens with two attached hydrogens (primary N) is 1. The smallest absolute Gasteiger partial charge is 0.323 e. The lowest BCUT2D eigenvalue weighted by molar-refractivity contribution is 0.192. The summed E-state index contributed by atoms with van der Waals surface area (Å²) in [6, 6.07) is 0.339. The van der Waals surface area contributed by atoms with Crippen LogP contribution in [0.2, 0.25) is 0 Å². The van der Waals surface area contributed by atoms with Crippen LogP contribution in [-0.4, -0.2) is 34.1 Å². The highest BCUT2D eigenvalue weighted by Gasteiger charge is 2.18. The molecule has 0 aliphatic carbocycles. The molecule has 106 valence electrons. The Bertz CT molecular complexity index is 407. The Morgan fingerprint density at radius 1 is 1.32 bits per heavy atom.